The van der Waals surface area contributed by atoms with Crippen molar-refractivity contribution < 1.29 is 8.42 Å². The number of hydrogen-bond acceptors (Lipinski definition) is 4. The molecule has 1 aliphatic carbocycles. The Morgan fingerprint density at radius 2 is 2.16 bits per heavy atom. The molecule has 0 amide bonds. The number of nitrogens with one attached hydrogen (secondary N) is 1. The smallest absolute Gasteiger partial charge is 0.250 e. The molecule has 0 aliphatic heterocycles. The van der Waals surface area contributed by atoms with Gasteiger partial charge < -0.3 is 5.73 Å². The number of rotatable bonds is 4. The molecule has 0 aromatic carbocycles. The van der Waals surface area contributed by atoms with Crippen LogP contribution in [-0.4, -0.2) is 21.0 Å². The number of thiophene rings is 1. The van der Waals surface area contributed by atoms with Crippen LogP contribution in [0.5, 0.6) is 0 Å². The van der Waals surface area contributed by atoms with Crippen molar-refractivity contribution >= 4 is 33.0 Å². The van der Waals surface area contributed by atoms with Crippen LogP contribution in [0.1, 0.15) is 31.2 Å². The molecular weight excluding hydrogens is 304 g/mol. The Hall–Kier alpha value is -0.140. The lowest BCUT2D eigenvalue weighted by Gasteiger charge is -2.30. The van der Waals surface area contributed by atoms with Crippen LogP contribution in [0.15, 0.2) is 10.3 Å². The van der Waals surface area contributed by atoms with Crippen molar-refractivity contribution in [2.45, 2.75) is 42.9 Å². The first-order valence-corrected chi connectivity index (χ1v) is 9.10. The maximum atomic E-state index is 12.3. The molecule has 0 saturated heterocycles. The summed E-state index contributed by atoms with van der Waals surface area (Å²) in [5, 5.41) is 0. The molecule has 7 heteroatoms. The van der Waals surface area contributed by atoms with Crippen LogP contribution in [-0.2, 0) is 10.0 Å². The molecular formula is C12H19ClN2O2S2. The van der Waals surface area contributed by atoms with Crippen LogP contribution in [0, 0.1) is 12.8 Å². The summed E-state index contributed by atoms with van der Waals surface area (Å²) in [6, 6.07) is 1.57. The molecule has 3 N–H and O–H groups in total. The summed E-state index contributed by atoms with van der Waals surface area (Å²) in [4.78, 5) is 0. The quantitative estimate of drug-likeness (QED) is 0.894. The van der Waals surface area contributed by atoms with E-state index < -0.39 is 10.0 Å². The van der Waals surface area contributed by atoms with E-state index in [1.807, 2.05) is 0 Å². The molecule has 19 heavy (non-hydrogen) atoms. The highest BCUT2D eigenvalue weighted by Gasteiger charge is 2.29. The molecule has 1 saturated carbocycles. The molecule has 1 aliphatic rings. The molecule has 1 aromatic rings. The molecule has 108 valence electrons. The topological polar surface area (TPSA) is 72.2 Å². The summed E-state index contributed by atoms with van der Waals surface area (Å²) < 4.78 is 28.3. The second-order valence-electron chi connectivity index (χ2n) is 5.03. The lowest BCUT2D eigenvalue weighted by molar-refractivity contribution is 0.296. The number of hydrogen-bond donors (Lipinski definition) is 2. The molecule has 1 fully saturated rings. The molecule has 2 unspecified atom stereocenters. The van der Waals surface area contributed by atoms with Crippen LogP contribution in [0.2, 0.25) is 4.34 Å². The third kappa shape index (κ3) is 3.49. The van der Waals surface area contributed by atoms with E-state index in [1.165, 1.54) is 0 Å². The van der Waals surface area contributed by atoms with Gasteiger partial charge in [-0.2, -0.15) is 0 Å². The van der Waals surface area contributed by atoms with E-state index in [9.17, 15) is 8.42 Å². The molecule has 2 rings (SSSR count). The minimum atomic E-state index is -3.48. The maximum absolute atomic E-state index is 12.3. The van der Waals surface area contributed by atoms with Gasteiger partial charge in [-0.1, -0.05) is 24.4 Å². The van der Waals surface area contributed by atoms with Crippen molar-refractivity contribution in [2.24, 2.45) is 11.7 Å². The second kappa shape index (κ2) is 6.10. The first kappa shape index (κ1) is 15.3. The van der Waals surface area contributed by atoms with Gasteiger partial charge in [0.25, 0.3) is 0 Å². The van der Waals surface area contributed by atoms with Crippen LogP contribution < -0.4 is 10.5 Å². The zero-order valence-corrected chi connectivity index (χ0v) is 13.2. The second-order valence-corrected chi connectivity index (χ2v) is 8.63. The predicted octanol–water partition coefficient (Wildman–Crippen LogP) is 2.51. The minimum Gasteiger partial charge on any atom is -0.330 e. The standard InChI is InChI=1S/C12H19ClN2O2S2/c1-8-6-11(18-12(8)13)19(16,17)15-10-5-3-2-4-9(10)7-14/h6,9-10,15H,2-5,7,14H2,1H3. The molecule has 4 nitrogen and oxygen atoms in total. The van der Waals surface area contributed by atoms with Crippen molar-refractivity contribution in [3.05, 3.63) is 16.0 Å². The fourth-order valence-corrected chi connectivity index (χ4v) is 5.53. The van der Waals surface area contributed by atoms with Gasteiger partial charge in [-0.05, 0) is 43.9 Å². The van der Waals surface area contributed by atoms with Crippen molar-refractivity contribution in [1.29, 1.82) is 0 Å². The summed E-state index contributed by atoms with van der Waals surface area (Å²) in [6.45, 7) is 2.33. The van der Waals surface area contributed by atoms with Crippen molar-refractivity contribution in [3.8, 4) is 0 Å². The Kier molecular flexibility index (Phi) is 4.89. The summed E-state index contributed by atoms with van der Waals surface area (Å²) in [7, 11) is -3.48. The Morgan fingerprint density at radius 3 is 2.74 bits per heavy atom. The molecule has 2 atom stereocenters. The van der Waals surface area contributed by atoms with E-state index in [-0.39, 0.29) is 16.2 Å². The van der Waals surface area contributed by atoms with Crippen LogP contribution in [0.25, 0.3) is 0 Å². The van der Waals surface area contributed by atoms with Gasteiger partial charge in [0, 0.05) is 6.04 Å². The first-order chi connectivity index (χ1) is 8.94. The Labute approximate surface area is 123 Å². The van der Waals surface area contributed by atoms with Gasteiger partial charge in [-0.15, -0.1) is 11.3 Å². The monoisotopic (exact) mass is 322 g/mol. The van der Waals surface area contributed by atoms with Gasteiger partial charge in [0.05, 0.1) is 4.34 Å². The predicted molar refractivity (Wildman–Crippen MR) is 79.2 cm³/mol. The highest BCUT2D eigenvalue weighted by molar-refractivity contribution is 7.91. The number of halogens is 1. The summed E-state index contributed by atoms with van der Waals surface area (Å²) >= 11 is 7.04. The van der Waals surface area contributed by atoms with Gasteiger partial charge in [-0.25, -0.2) is 13.1 Å². The summed E-state index contributed by atoms with van der Waals surface area (Å²) in [5.41, 5.74) is 6.52. The highest BCUT2D eigenvalue weighted by atomic mass is 35.5. The van der Waals surface area contributed by atoms with E-state index in [4.69, 9.17) is 17.3 Å². The van der Waals surface area contributed by atoms with Gasteiger partial charge >= 0.3 is 0 Å². The zero-order valence-electron chi connectivity index (χ0n) is 10.9. The van der Waals surface area contributed by atoms with Crippen molar-refractivity contribution in [3.63, 3.8) is 0 Å². The van der Waals surface area contributed by atoms with Gasteiger partial charge in [0.1, 0.15) is 4.21 Å². The average Bonchev–Trinajstić information content (AvgIpc) is 2.71. The van der Waals surface area contributed by atoms with E-state index in [1.54, 1.807) is 13.0 Å². The van der Waals surface area contributed by atoms with Crippen molar-refractivity contribution in [2.75, 3.05) is 6.54 Å². The lowest BCUT2D eigenvalue weighted by atomic mass is 9.85. The normalized spacial score (nSPS) is 24.6. The fourth-order valence-electron chi connectivity index (χ4n) is 2.47. The third-order valence-electron chi connectivity index (χ3n) is 3.62. The van der Waals surface area contributed by atoms with E-state index in [2.05, 4.69) is 4.72 Å². The maximum Gasteiger partial charge on any atom is 0.250 e. The van der Waals surface area contributed by atoms with E-state index in [0.29, 0.717) is 10.9 Å². The van der Waals surface area contributed by atoms with E-state index in [0.717, 1.165) is 42.6 Å². The molecule has 0 spiro atoms. The molecule has 0 bridgehead atoms. The van der Waals surface area contributed by atoms with Gasteiger partial charge in [-0.3, -0.25) is 0 Å². The zero-order chi connectivity index (χ0) is 14.0. The molecule has 1 aromatic heterocycles. The number of nitrogens with two attached hydrogens (primary N) is 1. The van der Waals surface area contributed by atoms with Crippen LogP contribution >= 0.6 is 22.9 Å². The lowest BCUT2D eigenvalue weighted by Crippen LogP contribution is -2.44. The minimum absolute atomic E-state index is 0.0510. The summed E-state index contributed by atoms with van der Waals surface area (Å²) in [5.74, 6) is 0.236. The molecule has 0 radical (unpaired) electrons. The van der Waals surface area contributed by atoms with Crippen LogP contribution in [0.4, 0.5) is 0 Å². The highest BCUT2D eigenvalue weighted by Crippen LogP contribution is 2.31. The number of sulfonamides is 1. The fraction of sp³-hybridized carbons (Fsp3) is 0.667. The average molecular weight is 323 g/mol. The SMILES string of the molecule is Cc1cc(S(=O)(=O)NC2CCCCC2CN)sc1Cl. The first-order valence-electron chi connectivity index (χ1n) is 6.42. The van der Waals surface area contributed by atoms with Crippen LogP contribution in [0.3, 0.4) is 0 Å². The third-order valence-corrected chi connectivity index (χ3v) is 7.14. The Bertz CT molecular complexity index is 522. The van der Waals surface area contributed by atoms with Gasteiger partial charge in [0.15, 0.2) is 0 Å². The largest absolute Gasteiger partial charge is 0.330 e. The Balaban J connectivity index is 2.16. The summed E-state index contributed by atoms with van der Waals surface area (Å²) in [6.07, 6.45) is 4.03. The Morgan fingerprint density at radius 1 is 1.47 bits per heavy atom. The van der Waals surface area contributed by atoms with E-state index >= 15 is 0 Å². The molecule has 1 heterocycles. The number of aryl methyl sites for hydroxylation is 1. The van der Waals surface area contributed by atoms with Gasteiger partial charge in [0.2, 0.25) is 10.0 Å². The van der Waals surface area contributed by atoms with Crippen molar-refractivity contribution in [1.82, 2.24) is 4.72 Å².